The summed E-state index contributed by atoms with van der Waals surface area (Å²) in [5.41, 5.74) is 0.913. The van der Waals surface area contributed by atoms with Gasteiger partial charge in [-0.25, -0.2) is 12.8 Å². The largest absolute Gasteiger partial charge is 0.340 e. The number of carbonyl (C=O) groups excluding carboxylic acids is 1. The van der Waals surface area contributed by atoms with Crippen LogP contribution in [0.4, 0.5) is 4.39 Å². The van der Waals surface area contributed by atoms with Gasteiger partial charge in [-0.05, 0) is 42.0 Å². The number of rotatable bonds is 8. The topological polar surface area (TPSA) is 57.7 Å². The molecule has 0 N–H and O–H groups in total. The number of halogens is 3. The Morgan fingerprint density at radius 3 is 2.16 bits per heavy atom. The highest BCUT2D eigenvalue weighted by Gasteiger charge is 2.28. The van der Waals surface area contributed by atoms with Crippen LogP contribution >= 0.6 is 27.5 Å². The zero-order valence-electron chi connectivity index (χ0n) is 17.2. The van der Waals surface area contributed by atoms with Crippen molar-refractivity contribution in [3.05, 3.63) is 99.2 Å². The van der Waals surface area contributed by atoms with Crippen LogP contribution in [0.25, 0.3) is 0 Å². The first-order valence-electron chi connectivity index (χ1n) is 9.65. The van der Waals surface area contributed by atoms with E-state index in [9.17, 15) is 17.6 Å². The van der Waals surface area contributed by atoms with Gasteiger partial charge in [-0.1, -0.05) is 63.9 Å². The molecule has 3 aromatic carbocycles. The van der Waals surface area contributed by atoms with Crippen molar-refractivity contribution in [1.29, 1.82) is 0 Å². The number of sulfonamides is 1. The average Bonchev–Trinajstić information content (AvgIpc) is 2.76. The summed E-state index contributed by atoms with van der Waals surface area (Å²) in [7, 11) is -2.50. The number of amides is 1. The van der Waals surface area contributed by atoms with E-state index < -0.39 is 28.3 Å². The van der Waals surface area contributed by atoms with Gasteiger partial charge in [0, 0.05) is 35.2 Å². The van der Waals surface area contributed by atoms with Crippen molar-refractivity contribution in [1.82, 2.24) is 9.21 Å². The van der Waals surface area contributed by atoms with Gasteiger partial charge >= 0.3 is 0 Å². The molecular weight excluding hydrogens is 519 g/mol. The molecule has 5 nitrogen and oxygen atoms in total. The van der Waals surface area contributed by atoms with E-state index in [1.807, 2.05) is 0 Å². The molecule has 0 fully saturated rings. The fraction of sp³-hybridized carbons (Fsp3) is 0.174. The van der Waals surface area contributed by atoms with Gasteiger partial charge in [0.2, 0.25) is 15.9 Å². The first-order valence-corrected chi connectivity index (χ1v) is 12.3. The number of hydrogen-bond acceptors (Lipinski definition) is 3. The summed E-state index contributed by atoms with van der Waals surface area (Å²) in [5.74, 6) is -0.899. The van der Waals surface area contributed by atoms with E-state index in [1.54, 1.807) is 54.6 Å². The zero-order chi connectivity index (χ0) is 23.3. The molecule has 0 saturated heterocycles. The van der Waals surface area contributed by atoms with Crippen LogP contribution in [0.1, 0.15) is 11.1 Å². The third-order valence-electron chi connectivity index (χ3n) is 4.86. The second-order valence-electron chi connectivity index (χ2n) is 7.16. The molecule has 0 aliphatic heterocycles. The molecule has 0 heterocycles. The Morgan fingerprint density at radius 1 is 0.938 bits per heavy atom. The molecule has 0 bridgehead atoms. The van der Waals surface area contributed by atoms with E-state index in [4.69, 9.17) is 11.6 Å². The van der Waals surface area contributed by atoms with Crippen molar-refractivity contribution < 1.29 is 17.6 Å². The van der Waals surface area contributed by atoms with Gasteiger partial charge in [0.25, 0.3) is 0 Å². The minimum absolute atomic E-state index is 0.0176. The van der Waals surface area contributed by atoms with Crippen molar-refractivity contribution in [2.24, 2.45) is 0 Å². The molecule has 0 aromatic heterocycles. The third-order valence-corrected chi connectivity index (χ3v) is 7.56. The smallest absolute Gasteiger partial charge is 0.243 e. The highest BCUT2D eigenvalue weighted by atomic mass is 79.9. The Morgan fingerprint density at radius 2 is 1.53 bits per heavy atom. The van der Waals surface area contributed by atoms with Crippen LogP contribution in [0.3, 0.4) is 0 Å². The second-order valence-corrected chi connectivity index (χ2v) is 10.4. The Hall–Kier alpha value is -2.26. The van der Waals surface area contributed by atoms with Gasteiger partial charge in [-0.2, -0.15) is 4.31 Å². The van der Waals surface area contributed by atoms with Crippen LogP contribution in [0, 0.1) is 5.82 Å². The molecule has 0 spiro atoms. The van der Waals surface area contributed by atoms with E-state index >= 15 is 0 Å². The van der Waals surface area contributed by atoms with Crippen LogP contribution in [-0.4, -0.2) is 37.1 Å². The molecule has 0 aliphatic carbocycles. The van der Waals surface area contributed by atoms with E-state index in [-0.39, 0.29) is 18.0 Å². The Labute approximate surface area is 200 Å². The minimum atomic E-state index is -4.01. The molecule has 0 saturated carbocycles. The predicted octanol–water partition coefficient (Wildman–Crippen LogP) is 5.09. The van der Waals surface area contributed by atoms with Gasteiger partial charge in [0.05, 0.1) is 11.4 Å². The number of nitrogens with zero attached hydrogens (tertiary/aromatic N) is 2. The molecule has 168 valence electrons. The van der Waals surface area contributed by atoms with E-state index in [2.05, 4.69) is 15.9 Å². The highest BCUT2D eigenvalue weighted by molar-refractivity contribution is 9.10. The maximum absolute atomic E-state index is 14.0. The molecule has 1 amide bonds. The van der Waals surface area contributed by atoms with Gasteiger partial charge in [0.1, 0.15) is 5.82 Å². The summed E-state index contributed by atoms with van der Waals surface area (Å²) in [5, 5.41) is 0.399. The Balaban J connectivity index is 1.88. The van der Waals surface area contributed by atoms with Crippen LogP contribution < -0.4 is 0 Å². The SMILES string of the molecule is CN(Cc1ccccc1F)C(=O)CN(Cc1ccccc1Cl)S(=O)(=O)c1ccc(Br)cc1. The number of benzene rings is 3. The summed E-state index contributed by atoms with van der Waals surface area (Å²) in [6, 6.07) is 19.2. The van der Waals surface area contributed by atoms with Gasteiger partial charge in [-0.15, -0.1) is 0 Å². The second kappa shape index (κ2) is 10.6. The summed E-state index contributed by atoms with van der Waals surface area (Å²) in [4.78, 5) is 14.3. The van der Waals surface area contributed by atoms with E-state index in [0.717, 1.165) is 8.78 Å². The van der Waals surface area contributed by atoms with E-state index in [0.29, 0.717) is 16.1 Å². The zero-order valence-corrected chi connectivity index (χ0v) is 20.4. The molecule has 0 unspecified atom stereocenters. The summed E-state index contributed by atoms with van der Waals surface area (Å²) in [6.07, 6.45) is 0. The monoisotopic (exact) mass is 538 g/mol. The van der Waals surface area contributed by atoms with Crippen molar-refractivity contribution in [3.8, 4) is 0 Å². The van der Waals surface area contributed by atoms with Crippen molar-refractivity contribution in [3.63, 3.8) is 0 Å². The normalized spacial score (nSPS) is 11.5. The van der Waals surface area contributed by atoms with Gasteiger partial charge in [0.15, 0.2) is 0 Å². The van der Waals surface area contributed by atoms with Gasteiger partial charge < -0.3 is 4.90 Å². The molecular formula is C23H21BrClFN2O3S. The molecule has 3 aromatic rings. The van der Waals surface area contributed by atoms with Crippen LogP contribution in [0.5, 0.6) is 0 Å². The Kier molecular flexibility index (Phi) is 8.05. The number of hydrogen-bond donors (Lipinski definition) is 0. The first-order chi connectivity index (χ1) is 15.2. The Bertz CT molecular complexity index is 1210. The average molecular weight is 540 g/mol. The minimum Gasteiger partial charge on any atom is -0.340 e. The van der Waals surface area contributed by atoms with Crippen molar-refractivity contribution in [2.45, 2.75) is 18.0 Å². The molecule has 32 heavy (non-hydrogen) atoms. The van der Waals surface area contributed by atoms with Crippen LogP contribution in [0.15, 0.2) is 82.2 Å². The first kappa shape index (κ1) is 24.4. The molecule has 3 rings (SSSR count). The fourth-order valence-electron chi connectivity index (χ4n) is 3.04. The van der Waals surface area contributed by atoms with Crippen LogP contribution in [0.2, 0.25) is 5.02 Å². The van der Waals surface area contributed by atoms with E-state index in [1.165, 1.54) is 30.1 Å². The molecule has 0 aliphatic rings. The maximum Gasteiger partial charge on any atom is 0.243 e. The lowest BCUT2D eigenvalue weighted by molar-refractivity contribution is -0.130. The van der Waals surface area contributed by atoms with Crippen molar-refractivity contribution in [2.75, 3.05) is 13.6 Å². The summed E-state index contributed by atoms with van der Waals surface area (Å²) >= 11 is 9.54. The highest BCUT2D eigenvalue weighted by Crippen LogP contribution is 2.24. The van der Waals surface area contributed by atoms with Gasteiger partial charge in [-0.3, -0.25) is 4.79 Å². The number of carbonyl (C=O) groups is 1. The molecule has 9 heteroatoms. The lowest BCUT2D eigenvalue weighted by atomic mass is 10.2. The van der Waals surface area contributed by atoms with Crippen LogP contribution in [-0.2, 0) is 27.9 Å². The molecule has 0 radical (unpaired) electrons. The fourth-order valence-corrected chi connectivity index (χ4v) is 4.87. The number of likely N-dealkylation sites (N-methyl/N-ethyl adjacent to an activating group) is 1. The lowest BCUT2D eigenvalue weighted by Crippen LogP contribution is -2.41. The third kappa shape index (κ3) is 5.95. The summed E-state index contributed by atoms with van der Waals surface area (Å²) in [6.45, 7) is -0.490. The predicted molar refractivity (Wildman–Crippen MR) is 126 cm³/mol. The molecule has 0 atom stereocenters. The maximum atomic E-state index is 14.0. The van der Waals surface area contributed by atoms with Crippen molar-refractivity contribution >= 4 is 43.5 Å². The lowest BCUT2D eigenvalue weighted by Gasteiger charge is -2.25. The standard InChI is InChI=1S/C23H21BrClFN2O3S/c1-27(14-18-7-3-5-9-22(18)26)23(29)16-28(15-17-6-2-4-8-21(17)25)32(30,31)20-12-10-19(24)11-13-20/h2-13H,14-16H2,1H3. The quantitative estimate of drug-likeness (QED) is 0.401. The summed E-state index contributed by atoms with van der Waals surface area (Å²) < 4.78 is 42.5.